The Bertz CT molecular complexity index is 823. The van der Waals surface area contributed by atoms with Gasteiger partial charge in [0.25, 0.3) is 0 Å². The average Bonchev–Trinajstić information content (AvgIpc) is 3.22. The summed E-state index contributed by atoms with van der Waals surface area (Å²) >= 11 is 0. The molecule has 2 amide bonds. The summed E-state index contributed by atoms with van der Waals surface area (Å²) in [5, 5.41) is 10.9. The minimum Gasteiger partial charge on any atom is -0.370 e. The van der Waals surface area contributed by atoms with Gasteiger partial charge in [0.1, 0.15) is 12.9 Å². The van der Waals surface area contributed by atoms with Crippen LogP contribution in [0.4, 0.5) is 0 Å². The molecule has 0 radical (unpaired) electrons. The smallest absolute Gasteiger partial charge is 0.245 e. The lowest BCUT2D eigenvalue weighted by molar-refractivity contribution is -0.140. The fourth-order valence-electron chi connectivity index (χ4n) is 4.26. The van der Waals surface area contributed by atoms with Crippen molar-refractivity contribution in [2.24, 2.45) is 0 Å². The Morgan fingerprint density at radius 3 is 2.63 bits per heavy atom. The average molecular weight is 412 g/mol. The van der Waals surface area contributed by atoms with Gasteiger partial charge in [0.15, 0.2) is 0 Å². The second kappa shape index (κ2) is 9.80. The first-order valence-corrected chi connectivity index (χ1v) is 10.6. The summed E-state index contributed by atoms with van der Waals surface area (Å²) in [6.45, 7) is 1.43. The summed E-state index contributed by atoms with van der Waals surface area (Å²) in [4.78, 5) is 29.5. The highest BCUT2D eigenvalue weighted by Gasteiger charge is 2.34. The van der Waals surface area contributed by atoms with E-state index < -0.39 is 0 Å². The maximum Gasteiger partial charge on any atom is 0.245 e. The van der Waals surface area contributed by atoms with Gasteiger partial charge in [0, 0.05) is 19.1 Å². The Morgan fingerprint density at radius 1 is 1.10 bits per heavy atom. The van der Waals surface area contributed by atoms with Crippen LogP contribution in [0.5, 0.6) is 0 Å². The van der Waals surface area contributed by atoms with Gasteiger partial charge in [-0.25, -0.2) is 4.68 Å². The van der Waals surface area contributed by atoms with Crippen LogP contribution >= 0.6 is 0 Å². The lowest BCUT2D eigenvalue weighted by Gasteiger charge is -2.34. The molecule has 1 aromatic heterocycles. The van der Waals surface area contributed by atoms with E-state index in [9.17, 15) is 9.59 Å². The predicted octanol–water partition coefficient (Wildman–Crippen LogP) is 1.26. The Kier molecular flexibility index (Phi) is 6.68. The molecule has 0 spiro atoms. The molecule has 2 aliphatic rings. The summed E-state index contributed by atoms with van der Waals surface area (Å²) in [7, 11) is 0. The standard InChI is InChI=1S/C21H28N6O3/c28-20(14-26-16-22-23-24-26)25-11-19(30-15-17-7-3-1-4-8-17)12-27(21(29)13-25)18-9-5-2-6-10-18/h1,3-4,7-8,16,18-19H,2,5-6,9-15H2. The predicted molar refractivity (Wildman–Crippen MR) is 108 cm³/mol. The van der Waals surface area contributed by atoms with Gasteiger partial charge < -0.3 is 14.5 Å². The molecule has 1 aliphatic heterocycles. The van der Waals surface area contributed by atoms with E-state index in [-0.39, 0.29) is 37.0 Å². The molecule has 1 aromatic carbocycles. The van der Waals surface area contributed by atoms with E-state index in [1.165, 1.54) is 17.4 Å². The van der Waals surface area contributed by atoms with Crippen molar-refractivity contribution in [1.82, 2.24) is 30.0 Å². The number of amides is 2. The van der Waals surface area contributed by atoms with Crippen molar-refractivity contribution in [3.8, 4) is 0 Å². The molecule has 2 fully saturated rings. The highest BCUT2D eigenvalue weighted by Crippen LogP contribution is 2.25. The van der Waals surface area contributed by atoms with Crippen LogP contribution in [0.2, 0.25) is 0 Å². The van der Waals surface area contributed by atoms with E-state index in [0.717, 1.165) is 31.2 Å². The Labute approximate surface area is 176 Å². The SMILES string of the molecule is O=C(Cn1cnnn1)N1CC(=O)N(C2CCCCC2)CC(OCc2ccccc2)C1. The Hall–Kier alpha value is -2.81. The number of aromatic nitrogens is 4. The minimum absolute atomic E-state index is 0.00206. The number of hydrogen-bond acceptors (Lipinski definition) is 6. The monoisotopic (exact) mass is 412 g/mol. The molecule has 30 heavy (non-hydrogen) atoms. The number of benzene rings is 1. The third-order valence-corrected chi connectivity index (χ3v) is 5.86. The zero-order chi connectivity index (χ0) is 20.8. The third kappa shape index (κ3) is 5.21. The molecule has 9 heteroatoms. The van der Waals surface area contributed by atoms with Gasteiger partial charge in [-0.15, -0.1) is 5.10 Å². The van der Waals surface area contributed by atoms with Crippen LogP contribution in [0.3, 0.4) is 0 Å². The minimum atomic E-state index is -0.239. The molecule has 1 aliphatic carbocycles. The van der Waals surface area contributed by atoms with E-state index in [1.807, 2.05) is 35.2 Å². The van der Waals surface area contributed by atoms with E-state index in [2.05, 4.69) is 15.5 Å². The summed E-state index contributed by atoms with van der Waals surface area (Å²) in [6.07, 6.45) is 6.72. The molecule has 9 nitrogen and oxygen atoms in total. The molecular formula is C21H28N6O3. The zero-order valence-electron chi connectivity index (χ0n) is 17.1. The van der Waals surface area contributed by atoms with Crippen molar-refractivity contribution in [1.29, 1.82) is 0 Å². The van der Waals surface area contributed by atoms with Gasteiger partial charge in [-0.05, 0) is 28.8 Å². The van der Waals surface area contributed by atoms with Gasteiger partial charge in [-0.2, -0.15) is 0 Å². The maximum absolute atomic E-state index is 13.1. The molecule has 2 aromatic rings. The second-order valence-corrected chi connectivity index (χ2v) is 8.04. The lowest BCUT2D eigenvalue weighted by Crippen LogP contribution is -2.46. The highest BCUT2D eigenvalue weighted by atomic mass is 16.5. The van der Waals surface area contributed by atoms with Crippen molar-refractivity contribution < 1.29 is 14.3 Å². The summed E-state index contributed by atoms with van der Waals surface area (Å²) < 4.78 is 7.57. The normalized spacial score (nSPS) is 20.9. The van der Waals surface area contributed by atoms with Crippen molar-refractivity contribution in [3.63, 3.8) is 0 Å². The van der Waals surface area contributed by atoms with E-state index in [4.69, 9.17) is 4.74 Å². The molecule has 160 valence electrons. The number of carbonyl (C=O) groups excluding carboxylic acids is 2. The largest absolute Gasteiger partial charge is 0.370 e. The number of tetrazole rings is 1. The molecule has 1 saturated carbocycles. The number of ether oxygens (including phenoxy) is 1. The second-order valence-electron chi connectivity index (χ2n) is 8.04. The number of hydrogen-bond donors (Lipinski definition) is 0. The summed E-state index contributed by atoms with van der Waals surface area (Å²) in [5.74, 6) is -0.188. The first-order valence-electron chi connectivity index (χ1n) is 10.6. The van der Waals surface area contributed by atoms with Gasteiger partial charge in [-0.3, -0.25) is 9.59 Å². The first-order chi connectivity index (χ1) is 14.7. The zero-order valence-corrected chi connectivity index (χ0v) is 17.1. The molecule has 0 bridgehead atoms. The van der Waals surface area contributed by atoms with Crippen molar-refractivity contribution in [2.75, 3.05) is 19.6 Å². The number of carbonyl (C=O) groups is 2. The third-order valence-electron chi connectivity index (χ3n) is 5.86. The summed E-state index contributed by atoms with van der Waals surface area (Å²) in [6, 6.07) is 10.2. The topological polar surface area (TPSA) is 93.5 Å². The maximum atomic E-state index is 13.1. The number of rotatable bonds is 6. The molecule has 1 unspecified atom stereocenters. The van der Waals surface area contributed by atoms with E-state index >= 15 is 0 Å². The fourth-order valence-corrected chi connectivity index (χ4v) is 4.26. The molecular weight excluding hydrogens is 384 g/mol. The van der Waals surface area contributed by atoms with Crippen LogP contribution in [0, 0.1) is 0 Å². The van der Waals surface area contributed by atoms with Crippen molar-refractivity contribution >= 4 is 11.8 Å². The van der Waals surface area contributed by atoms with Gasteiger partial charge in [0.05, 0.1) is 19.3 Å². The Balaban J connectivity index is 1.47. The van der Waals surface area contributed by atoms with Crippen LogP contribution in [0.1, 0.15) is 37.7 Å². The molecule has 1 atom stereocenters. The summed E-state index contributed by atoms with van der Waals surface area (Å²) in [5.41, 5.74) is 1.07. The fraction of sp³-hybridized carbons (Fsp3) is 0.571. The van der Waals surface area contributed by atoms with E-state index in [1.54, 1.807) is 4.90 Å². The van der Waals surface area contributed by atoms with Gasteiger partial charge in [0.2, 0.25) is 11.8 Å². The number of nitrogens with zero attached hydrogens (tertiary/aromatic N) is 6. The van der Waals surface area contributed by atoms with Crippen LogP contribution in [-0.4, -0.2) is 73.6 Å². The van der Waals surface area contributed by atoms with Crippen LogP contribution in [0.25, 0.3) is 0 Å². The molecule has 4 rings (SSSR count). The van der Waals surface area contributed by atoms with Crippen LogP contribution in [-0.2, 0) is 27.5 Å². The first kappa shape index (κ1) is 20.5. The van der Waals surface area contributed by atoms with Crippen LogP contribution < -0.4 is 0 Å². The van der Waals surface area contributed by atoms with Crippen molar-refractivity contribution in [3.05, 3.63) is 42.2 Å². The highest BCUT2D eigenvalue weighted by molar-refractivity contribution is 5.85. The molecule has 1 saturated heterocycles. The molecule has 2 heterocycles. The van der Waals surface area contributed by atoms with Gasteiger partial charge >= 0.3 is 0 Å². The lowest BCUT2D eigenvalue weighted by atomic mass is 9.94. The van der Waals surface area contributed by atoms with Crippen LogP contribution in [0.15, 0.2) is 36.7 Å². The molecule has 0 N–H and O–H groups in total. The van der Waals surface area contributed by atoms with E-state index in [0.29, 0.717) is 19.7 Å². The van der Waals surface area contributed by atoms with Gasteiger partial charge in [-0.1, -0.05) is 49.6 Å². The Morgan fingerprint density at radius 2 is 1.90 bits per heavy atom. The quantitative estimate of drug-likeness (QED) is 0.709. The van der Waals surface area contributed by atoms with Crippen molar-refractivity contribution in [2.45, 2.75) is 57.4 Å².